The first-order valence-corrected chi connectivity index (χ1v) is 6.70. The number of nitrogens with one attached hydrogen (secondary N) is 1. The zero-order valence-corrected chi connectivity index (χ0v) is 11.2. The van der Waals surface area contributed by atoms with E-state index in [-0.39, 0.29) is 0 Å². The molecule has 4 unspecified atom stereocenters. The van der Waals surface area contributed by atoms with Crippen LogP contribution in [0.3, 0.4) is 0 Å². The molecular formula is C13H27N3. The second kappa shape index (κ2) is 5.03. The first kappa shape index (κ1) is 12.3. The van der Waals surface area contributed by atoms with E-state index in [0.29, 0.717) is 0 Å². The maximum absolute atomic E-state index is 3.64. The van der Waals surface area contributed by atoms with Gasteiger partial charge < -0.3 is 10.2 Å². The minimum absolute atomic E-state index is 0.730. The molecule has 0 bridgehead atoms. The number of rotatable bonds is 3. The van der Waals surface area contributed by atoms with Crippen LogP contribution in [0.15, 0.2) is 0 Å². The molecule has 0 aromatic heterocycles. The van der Waals surface area contributed by atoms with Crippen LogP contribution in [0.25, 0.3) is 0 Å². The van der Waals surface area contributed by atoms with Crippen molar-refractivity contribution in [2.45, 2.75) is 32.4 Å². The minimum atomic E-state index is 0.730. The molecule has 2 heterocycles. The topological polar surface area (TPSA) is 18.5 Å². The molecule has 0 amide bonds. The summed E-state index contributed by atoms with van der Waals surface area (Å²) in [6, 6.07) is 1.48. The SMILES string of the molecule is CC1CCNC1CN1CC(C)C(N(C)C)C1. The number of hydrogen-bond donors (Lipinski definition) is 1. The number of likely N-dealkylation sites (tertiary alicyclic amines) is 1. The summed E-state index contributed by atoms with van der Waals surface area (Å²) in [7, 11) is 4.42. The highest BCUT2D eigenvalue weighted by atomic mass is 15.3. The molecule has 4 atom stereocenters. The molecule has 3 heteroatoms. The molecule has 2 aliphatic rings. The van der Waals surface area contributed by atoms with Gasteiger partial charge in [0.25, 0.3) is 0 Å². The summed E-state index contributed by atoms with van der Waals surface area (Å²) in [4.78, 5) is 5.03. The second-order valence-electron chi connectivity index (χ2n) is 6.05. The van der Waals surface area contributed by atoms with Gasteiger partial charge in [-0.3, -0.25) is 4.90 Å². The van der Waals surface area contributed by atoms with Gasteiger partial charge in [0.2, 0.25) is 0 Å². The molecule has 1 N–H and O–H groups in total. The fourth-order valence-electron chi connectivity index (χ4n) is 3.29. The summed E-state index contributed by atoms with van der Waals surface area (Å²) in [5.41, 5.74) is 0. The third-order valence-corrected chi connectivity index (χ3v) is 4.46. The van der Waals surface area contributed by atoms with E-state index in [2.05, 4.69) is 43.1 Å². The lowest BCUT2D eigenvalue weighted by molar-refractivity contribution is 0.239. The van der Waals surface area contributed by atoms with Crippen LogP contribution in [-0.4, -0.2) is 62.2 Å². The van der Waals surface area contributed by atoms with E-state index < -0.39 is 0 Å². The third-order valence-electron chi connectivity index (χ3n) is 4.46. The lowest BCUT2D eigenvalue weighted by Gasteiger charge is -2.25. The van der Waals surface area contributed by atoms with E-state index in [0.717, 1.165) is 23.9 Å². The molecule has 2 saturated heterocycles. The maximum Gasteiger partial charge on any atom is 0.0254 e. The molecule has 0 aliphatic carbocycles. The Kier molecular flexibility index (Phi) is 3.88. The molecule has 0 aromatic rings. The Labute approximate surface area is 100 Å². The van der Waals surface area contributed by atoms with Gasteiger partial charge in [0.1, 0.15) is 0 Å². The predicted octanol–water partition coefficient (Wildman–Crippen LogP) is 0.866. The van der Waals surface area contributed by atoms with Crippen LogP contribution in [0.5, 0.6) is 0 Å². The molecule has 0 aromatic carbocycles. The summed E-state index contributed by atoms with van der Waals surface area (Å²) in [5.74, 6) is 1.67. The van der Waals surface area contributed by atoms with Crippen LogP contribution >= 0.6 is 0 Å². The van der Waals surface area contributed by atoms with E-state index in [1.54, 1.807) is 0 Å². The Bertz CT molecular complexity index is 229. The second-order valence-corrected chi connectivity index (χ2v) is 6.05. The lowest BCUT2D eigenvalue weighted by Crippen LogP contribution is -2.40. The number of hydrogen-bond acceptors (Lipinski definition) is 3. The van der Waals surface area contributed by atoms with Gasteiger partial charge in [-0.2, -0.15) is 0 Å². The van der Waals surface area contributed by atoms with Crippen LogP contribution in [0, 0.1) is 11.8 Å². The minimum Gasteiger partial charge on any atom is -0.312 e. The Morgan fingerprint density at radius 3 is 2.44 bits per heavy atom. The molecule has 2 fully saturated rings. The van der Waals surface area contributed by atoms with Crippen molar-refractivity contribution in [1.29, 1.82) is 0 Å². The van der Waals surface area contributed by atoms with Gasteiger partial charge >= 0.3 is 0 Å². The molecule has 2 rings (SSSR count). The molecule has 16 heavy (non-hydrogen) atoms. The summed E-state index contributed by atoms with van der Waals surface area (Å²) >= 11 is 0. The largest absolute Gasteiger partial charge is 0.312 e. The van der Waals surface area contributed by atoms with Gasteiger partial charge in [0, 0.05) is 31.7 Å². The molecule has 0 saturated carbocycles. The zero-order valence-electron chi connectivity index (χ0n) is 11.2. The Hall–Kier alpha value is -0.120. The van der Waals surface area contributed by atoms with Crippen LogP contribution < -0.4 is 5.32 Å². The van der Waals surface area contributed by atoms with Crippen molar-refractivity contribution in [2.24, 2.45) is 11.8 Å². The highest BCUT2D eigenvalue weighted by Crippen LogP contribution is 2.22. The van der Waals surface area contributed by atoms with Crippen molar-refractivity contribution in [3.05, 3.63) is 0 Å². The van der Waals surface area contributed by atoms with Crippen molar-refractivity contribution in [3.8, 4) is 0 Å². The fourth-order valence-corrected chi connectivity index (χ4v) is 3.29. The van der Waals surface area contributed by atoms with Crippen LogP contribution in [0.2, 0.25) is 0 Å². The van der Waals surface area contributed by atoms with E-state index in [1.165, 1.54) is 32.6 Å². The molecule has 2 aliphatic heterocycles. The molecule has 94 valence electrons. The average Bonchev–Trinajstić information content (AvgIpc) is 2.75. The monoisotopic (exact) mass is 225 g/mol. The van der Waals surface area contributed by atoms with Crippen LogP contribution in [-0.2, 0) is 0 Å². The van der Waals surface area contributed by atoms with Crippen molar-refractivity contribution in [2.75, 3.05) is 40.3 Å². The van der Waals surface area contributed by atoms with E-state index in [1.807, 2.05) is 0 Å². The standard InChI is InChI=1S/C13H27N3/c1-10-5-6-14-12(10)8-16-7-11(2)13(9-16)15(3)4/h10-14H,5-9H2,1-4H3. The number of nitrogens with zero attached hydrogens (tertiary/aromatic N) is 2. The first-order chi connectivity index (χ1) is 7.58. The quantitative estimate of drug-likeness (QED) is 0.769. The Balaban J connectivity index is 1.84. The lowest BCUT2D eigenvalue weighted by atomic mass is 10.0. The highest BCUT2D eigenvalue weighted by Gasteiger charge is 2.33. The van der Waals surface area contributed by atoms with Gasteiger partial charge in [-0.15, -0.1) is 0 Å². The van der Waals surface area contributed by atoms with Gasteiger partial charge in [-0.05, 0) is 38.9 Å². The smallest absolute Gasteiger partial charge is 0.0254 e. The summed E-state index contributed by atoms with van der Waals surface area (Å²) < 4.78 is 0. The van der Waals surface area contributed by atoms with Gasteiger partial charge in [-0.1, -0.05) is 13.8 Å². The van der Waals surface area contributed by atoms with Gasteiger partial charge in [0.15, 0.2) is 0 Å². The normalized spacial score (nSPS) is 41.1. The van der Waals surface area contributed by atoms with Crippen molar-refractivity contribution >= 4 is 0 Å². The predicted molar refractivity (Wildman–Crippen MR) is 68.7 cm³/mol. The first-order valence-electron chi connectivity index (χ1n) is 6.70. The fraction of sp³-hybridized carbons (Fsp3) is 1.00. The number of likely N-dealkylation sites (N-methyl/N-ethyl adjacent to an activating group) is 1. The highest BCUT2D eigenvalue weighted by molar-refractivity contribution is 4.91. The average molecular weight is 225 g/mol. The van der Waals surface area contributed by atoms with Crippen LogP contribution in [0.1, 0.15) is 20.3 Å². The third kappa shape index (κ3) is 2.58. The van der Waals surface area contributed by atoms with E-state index in [9.17, 15) is 0 Å². The van der Waals surface area contributed by atoms with E-state index >= 15 is 0 Å². The van der Waals surface area contributed by atoms with Crippen molar-refractivity contribution in [3.63, 3.8) is 0 Å². The zero-order chi connectivity index (χ0) is 11.7. The maximum atomic E-state index is 3.64. The van der Waals surface area contributed by atoms with Crippen molar-refractivity contribution in [1.82, 2.24) is 15.1 Å². The molecular weight excluding hydrogens is 198 g/mol. The Morgan fingerprint density at radius 1 is 1.19 bits per heavy atom. The molecule has 0 radical (unpaired) electrons. The Morgan fingerprint density at radius 2 is 1.94 bits per heavy atom. The van der Waals surface area contributed by atoms with Crippen molar-refractivity contribution < 1.29 is 0 Å². The van der Waals surface area contributed by atoms with E-state index in [4.69, 9.17) is 0 Å². The van der Waals surface area contributed by atoms with Gasteiger partial charge in [-0.25, -0.2) is 0 Å². The van der Waals surface area contributed by atoms with Crippen LogP contribution in [0.4, 0.5) is 0 Å². The van der Waals surface area contributed by atoms with Gasteiger partial charge in [0.05, 0.1) is 0 Å². The molecule has 0 spiro atoms. The molecule has 3 nitrogen and oxygen atoms in total. The summed E-state index contributed by atoms with van der Waals surface area (Å²) in [6.45, 7) is 9.75. The summed E-state index contributed by atoms with van der Waals surface area (Å²) in [5, 5.41) is 3.64. The summed E-state index contributed by atoms with van der Waals surface area (Å²) in [6.07, 6.45) is 1.35.